The summed E-state index contributed by atoms with van der Waals surface area (Å²) in [5, 5.41) is 9.46. The summed E-state index contributed by atoms with van der Waals surface area (Å²) in [6.07, 6.45) is 0. The van der Waals surface area contributed by atoms with E-state index in [2.05, 4.69) is 15.9 Å². The van der Waals surface area contributed by atoms with Gasteiger partial charge in [-0.05, 0) is 36.4 Å². The predicted molar refractivity (Wildman–Crippen MR) is 76.8 cm³/mol. The lowest BCUT2D eigenvalue weighted by Crippen LogP contribution is -2.04. The van der Waals surface area contributed by atoms with Crippen LogP contribution in [0.5, 0.6) is 5.75 Å². The molecule has 0 bridgehead atoms. The van der Waals surface area contributed by atoms with Crippen molar-refractivity contribution >= 4 is 33.5 Å². The third-order valence-electron chi connectivity index (χ3n) is 2.56. The minimum atomic E-state index is -1.10. The molecule has 0 aliphatic rings. The lowest BCUT2D eigenvalue weighted by Gasteiger charge is -2.10. The van der Waals surface area contributed by atoms with Crippen molar-refractivity contribution in [1.29, 1.82) is 0 Å². The van der Waals surface area contributed by atoms with Crippen LogP contribution in [0, 0.1) is 5.82 Å². The topological polar surface area (TPSA) is 46.5 Å². The van der Waals surface area contributed by atoms with Crippen molar-refractivity contribution in [2.24, 2.45) is 0 Å². The molecule has 0 heterocycles. The molecule has 0 aliphatic heterocycles. The van der Waals surface area contributed by atoms with Crippen molar-refractivity contribution in [3.05, 3.63) is 62.8 Å². The van der Waals surface area contributed by atoms with Gasteiger partial charge in [-0.2, -0.15) is 0 Å². The van der Waals surface area contributed by atoms with Gasteiger partial charge in [0, 0.05) is 15.1 Å². The van der Waals surface area contributed by atoms with E-state index in [4.69, 9.17) is 21.4 Å². The van der Waals surface area contributed by atoms with E-state index >= 15 is 0 Å². The van der Waals surface area contributed by atoms with Crippen molar-refractivity contribution in [3.8, 4) is 5.75 Å². The number of halogens is 3. The van der Waals surface area contributed by atoms with Gasteiger partial charge in [0.2, 0.25) is 0 Å². The van der Waals surface area contributed by atoms with Crippen LogP contribution in [0.4, 0.5) is 4.39 Å². The van der Waals surface area contributed by atoms with Gasteiger partial charge in [0.15, 0.2) is 0 Å². The smallest absolute Gasteiger partial charge is 0.339 e. The summed E-state index contributed by atoms with van der Waals surface area (Å²) in [7, 11) is 0. The normalized spacial score (nSPS) is 10.3. The molecule has 0 saturated carbocycles. The molecular formula is C14H9BrClFO3. The summed E-state index contributed by atoms with van der Waals surface area (Å²) >= 11 is 9.11. The second-order valence-electron chi connectivity index (χ2n) is 3.97. The maximum atomic E-state index is 13.1. The fourth-order valence-corrected chi connectivity index (χ4v) is 2.14. The molecule has 0 aromatic heterocycles. The van der Waals surface area contributed by atoms with E-state index in [0.717, 1.165) is 0 Å². The summed E-state index contributed by atoms with van der Waals surface area (Å²) in [6, 6.07) is 8.55. The zero-order valence-electron chi connectivity index (χ0n) is 10.1. The fraction of sp³-hybridized carbons (Fsp3) is 0.0714. The predicted octanol–water partition coefficient (Wildman–Crippen LogP) is 4.52. The number of aromatic carboxylic acids is 1. The summed E-state index contributed by atoms with van der Waals surface area (Å²) in [5.74, 6) is -1.34. The number of carbonyl (C=O) groups is 1. The molecule has 2 aromatic carbocycles. The molecule has 0 saturated heterocycles. The van der Waals surface area contributed by atoms with Gasteiger partial charge in [-0.1, -0.05) is 27.5 Å². The highest BCUT2D eigenvalue weighted by molar-refractivity contribution is 9.10. The Labute approximate surface area is 128 Å². The van der Waals surface area contributed by atoms with Crippen LogP contribution in [0.25, 0.3) is 0 Å². The molecule has 3 nitrogen and oxygen atoms in total. The van der Waals surface area contributed by atoms with Gasteiger partial charge in [0.25, 0.3) is 0 Å². The Kier molecular flexibility index (Phi) is 4.62. The third kappa shape index (κ3) is 3.49. The first-order valence-electron chi connectivity index (χ1n) is 5.57. The monoisotopic (exact) mass is 358 g/mol. The minimum absolute atomic E-state index is 0.0154. The SMILES string of the molecule is O=C(O)c1cc(Br)ccc1OCc1cc(F)ccc1Cl. The Balaban J connectivity index is 2.23. The molecule has 0 fully saturated rings. The molecule has 20 heavy (non-hydrogen) atoms. The van der Waals surface area contributed by atoms with E-state index < -0.39 is 11.8 Å². The highest BCUT2D eigenvalue weighted by Gasteiger charge is 2.12. The number of carboxylic acid groups (broad SMARTS) is 1. The largest absolute Gasteiger partial charge is 0.488 e. The van der Waals surface area contributed by atoms with Gasteiger partial charge in [-0.15, -0.1) is 0 Å². The molecule has 0 unspecified atom stereocenters. The molecule has 0 spiro atoms. The van der Waals surface area contributed by atoms with Crippen LogP contribution in [0.15, 0.2) is 40.9 Å². The Hall–Kier alpha value is -1.59. The fourth-order valence-electron chi connectivity index (χ4n) is 1.60. The Morgan fingerprint density at radius 2 is 2.05 bits per heavy atom. The summed E-state index contributed by atoms with van der Waals surface area (Å²) in [6.45, 7) is -0.0154. The number of hydrogen-bond donors (Lipinski definition) is 1. The maximum absolute atomic E-state index is 13.1. The van der Waals surface area contributed by atoms with Crippen molar-refractivity contribution in [2.45, 2.75) is 6.61 Å². The van der Waals surface area contributed by atoms with Gasteiger partial charge in [-0.25, -0.2) is 9.18 Å². The quantitative estimate of drug-likeness (QED) is 0.873. The van der Waals surface area contributed by atoms with E-state index in [1.807, 2.05) is 0 Å². The van der Waals surface area contributed by atoms with Gasteiger partial charge >= 0.3 is 5.97 Å². The highest BCUT2D eigenvalue weighted by Crippen LogP contribution is 2.25. The molecule has 0 atom stereocenters. The molecule has 6 heteroatoms. The van der Waals surface area contributed by atoms with E-state index in [1.54, 1.807) is 6.07 Å². The lowest BCUT2D eigenvalue weighted by atomic mass is 10.2. The highest BCUT2D eigenvalue weighted by atomic mass is 79.9. The van der Waals surface area contributed by atoms with Crippen molar-refractivity contribution in [2.75, 3.05) is 0 Å². The van der Waals surface area contributed by atoms with Crippen LogP contribution >= 0.6 is 27.5 Å². The average Bonchev–Trinajstić information content (AvgIpc) is 2.40. The summed E-state index contributed by atoms with van der Waals surface area (Å²) in [4.78, 5) is 11.1. The molecule has 0 radical (unpaired) electrons. The minimum Gasteiger partial charge on any atom is -0.488 e. The average molecular weight is 360 g/mol. The lowest BCUT2D eigenvalue weighted by molar-refractivity contribution is 0.0691. The Bertz CT molecular complexity index is 661. The standard InChI is InChI=1S/C14H9BrClFO3/c15-9-1-4-13(11(6-9)14(18)19)20-7-8-5-10(17)2-3-12(8)16/h1-6H,7H2,(H,18,19). The second-order valence-corrected chi connectivity index (χ2v) is 5.29. The van der Waals surface area contributed by atoms with Crippen molar-refractivity contribution in [1.82, 2.24) is 0 Å². The molecule has 2 aromatic rings. The number of benzene rings is 2. The number of rotatable bonds is 4. The number of ether oxygens (including phenoxy) is 1. The first-order chi connectivity index (χ1) is 9.47. The molecule has 0 amide bonds. The van der Waals surface area contributed by atoms with Crippen LogP contribution in [-0.2, 0) is 6.61 Å². The Morgan fingerprint density at radius 1 is 1.30 bits per heavy atom. The maximum Gasteiger partial charge on any atom is 0.339 e. The van der Waals surface area contributed by atoms with Crippen LogP contribution < -0.4 is 4.74 Å². The van der Waals surface area contributed by atoms with E-state index in [9.17, 15) is 9.18 Å². The first kappa shape index (κ1) is 14.8. The number of carboxylic acids is 1. The molecule has 0 aliphatic carbocycles. The van der Waals surface area contributed by atoms with E-state index in [0.29, 0.717) is 15.1 Å². The summed E-state index contributed by atoms with van der Waals surface area (Å²) in [5.41, 5.74) is 0.470. The molecule has 2 rings (SSSR count). The van der Waals surface area contributed by atoms with Crippen LogP contribution in [0.3, 0.4) is 0 Å². The van der Waals surface area contributed by atoms with Crippen LogP contribution in [0.1, 0.15) is 15.9 Å². The first-order valence-corrected chi connectivity index (χ1v) is 6.74. The van der Waals surface area contributed by atoms with Gasteiger partial charge in [0.1, 0.15) is 23.7 Å². The molecular weight excluding hydrogens is 351 g/mol. The second kappa shape index (κ2) is 6.24. The molecule has 104 valence electrons. The van der Waals surface area contributed by atoms with E-state index in [-0.39, 0.29) is 17.9 Å². The van der Waals surface area contributed by atoms with Gasteiger partial charge < -0.3 is 9.84 Å². The molecule has 1 N–H and O–H groups in total. The summed E-state index contributed by atoms with van der Waals surface area (Å²) < 4.78 is 19.2. The number of hydrogen-bond acceptors (Lipinski definition) is 2. The van der Waals surface area contributed by atoms with Crippen LogP contribution in [-0.4, -0.2) is 11.1 Å². The van der Waals surface area contributed by atoms with Gasteiger partial charge in [0.05, 0.1) is 0 Å². The van der Waals surface area contributed by atoms with Crippen LogP contribution in [0.2, 0.25) is 5.02 Å². The Morgan fingerprint density at radius 3 is 2.75 bits per heavy atom. The van der Waals surface area contributed by atoms with E-state index in [1.165, 1.54) is 30.3 Å². The van der Waals surface area contributed by atoms with Gasteiger partial charge in [-0.3, -0.25) is 0 Å². The zero-order valence-corrected chi connectivity index (χ0v) is 12.4. The van der Waals surface area contributed by atoms with Crippen molar-refractivity contribution < 1.29 is 19.0 Å². The van der Waals surface area contributed by atoms with Crippen molar-refractivity contribution in [3.63, 3.8) is 0 Å². The zero-order chi connectivity index (χ0) is 14.7. The third-order valence-corrected chi connectivity index (χ3v) is 3.42.